The van der Waals surface area contributed by atoms with Crippen molar-refractivity contribution < 1.29 is 0 Å². The van der Waals surface area contributed by atoms with Crippen molar-refractivity contribution in [3.05, 3.63) is 28.8 Å². The van der Waals surface area contributed by atoms with Crippen LogP contribution in [-0.2, 0) is 0 Å². The summed E-state index contributed by atoms with van der Waals surface area (Å²) in [4.78, 5) is 2.52. The number of nitrogens with two attached hydrogens (primary N) is 1. The number of rotatable bonds is 5. The fourth-order valence-electron chi connectivity index (χ4n) is 1.39. The van der Waals surface area contributed by atoms with Crippen LogP contribution in [-0.4, -0.2) is 30.6 Å². The average Bonchev–Trinajstić information content (AvgIpc) is 2.25. The molecule has 0 saturated heterocycles. The molecule has 1 aromatic carbocycles. The molecule has 0 aliphatic rings. The van der Waals surface area contributed by atoms with Gasteiger partial charge in [-0.05, 0) is 24.5 Å². The molecule has 0 aromatic heterocycles. The molecule has 0 amide bonds. The van der Waals surface area contributed by atoms with Crippen LogP contribution in [0.15, 0.2) is 18.2 Å². The van der Waals surface area contributed by atoms with Crippen LogP contribution in [0.3, 0.4) is 0 Å². The first-order valence-electron chi connectivity index (χ1n) is 4.85. The molecule has 0 aliphatic heterocycles. The van der Waals surface area contributed by atoms with Crippen molar-refractivity contribution in [1.29, 1.82) is 0 Å². The normalized spacial score (nSPS) is 10.2. The van der Waals surface area contributed by atoms with Crippen LogP contribution in [0.1, 0.15) is 5.56 Å². The minimum absolute atomic E-state index is 0.383. The summed E-state index contributed by atoms with van der Waals surface area (Å²) < 4.78 is 0. The Morgan fingerprint density at radius 3 is 2.81 bits per heavy atom. The van der Waals surface area contributed by atoms with E-state index in [1.54, 1.807) is 0 Å². The Bertz CT molecular complexity index is 382. The van der Waals surface area contributed by atoms with Gasteiger partial charge in [-0.2, -0.15) is 11.8 Å². The Kier molecular flexibility index (Phi) is 5.38. The first-order chi connectivity index (χ1) is 7.56. The molecule has 5 heteroatoms. The molecule has 88 valence electrons. The Hall–Kier alpha value is -0.450. The molecule has 0 spiro atoms. The second kappa shape index (κ2) is 6.33. The maximum Gasteiger partial charge on any atom is 0.106 e. The smallest absolute Gasteiger partial charge is 0.106 e. The third-order valence-corrected chi connectivity index (χ3v) is 3.31. The third-order valence-electron chi connectivity index (χ3n) is 2.27. The fraction of sp³-hybridized carbons (Fsp3) is 0.364. The lowest BCUT2D eigenvalue weighted by molar-refractivity contribution is 0.976. The van der Waals surface area contributed by atoms with Gasteiger partial charge in [0.2, 0.25) is 0 Å². The van der Waals surface area contributed by atoms with Crippen LogP contribution in [0.5, 0.6) is 0 Å². The predicted molar refractivity (Wildman–Crippen MR) is 79.0 cm³/mol. The van der Waals surface area contributed by atoms with Gasteiger partial charge in [-0.3, -0.25) is 0 Å². The largest absolute Gasteiger partial charge is 0.389 e. The second-order valence-electron chi connectivity index (χ2n) is 3.44. The number of benzene rings is 1. The minimum Gasteiger partial charge on any atom is -0.389 e. The van der Waals surface area contributed by atoms with E-state index in [9.17, 15) is 0 Å². The molecule has 0 unspecified atom stereocenters. The zero-order valence-electron chi connectivity index (χ0n) is 9.37. The number of anilines is 1. The highest BCUT2D eigenvalue weighted by Gasteiger charge is 2.09. The SMILES string of the molecule is CSCCN(C)c1ccc(Cl)cc1C(N)=S. The van der Waals surface area contributed by atoms with E-state index in [4.69, 9.17) is 29.6 Å². The zero-order chi connectivity index (χ0) is 12.1. The van der Waals surface area contributed by atoms with Gasteiger partial charge >= 0.3 is 0 Å². The van der Waals surface area contributed by atoms with Gasteiger partial charge in [0, 0.05) is 35.6 Å². The number of nitrogens with zero attached hydrogens (tertiary/aromatic N) is 1. The molecule has 0 atom stereocenters. The lowest BCUT2D eigenvalue weighted by atomic mass is 10.1. The lowest BCUT2D eigenvalue weighted by Crippen LogP contribution is -2.24. The standard InChI is InChI=1S/C11H15ClN2S2/c1-14(5-6-16-2)10-4-3-8(12)7-9(10)11(13)15/h3-4,7H,5-6H2,1-2H3,(H2,13,15). The highest BCUT2D eigenvalue weighted by molar-refractivity contribution is 7.98. The molecule has 0 bridgehead atoms. The van der Waals surface area contributed by atoms with Gasteiger partial charge in [0.25, 0.3) is 0 Å². The van der Waals surface area contributed by atoms with Crippen molar-refractivity contribution in [1.82, 2.24) is 0 Å². The van der Waals surface area contributed by atoms with Crippen molar-refractivity contribution in [3.63, 3.8) is 0 Å². The van der Waals surface area contributed by atoms with Gasteiger partial charge in [-0.25, -0.2) is 0 Å². The van der Waals surface area contributed by atoms with Gasteiger partial charge in [-0.15, -0.1) is 0 Å². The second-order valence-corrected chi connectivity index (χ2v) is 5.30. The molecule has 0 aliphatic carbocycles. The molecular weight excluding hydrogens is 260 g/mol. The summed E-state index contributed by atoms with van der Waals surface area (Å²) in [5.74, 6) is 1.07. The summed E-state index contributed by atoms with van der Waals surface area (Å²) in [5.41, 5.74) is 7.56. The van der Waals surface area contributed by atoms with E-state index >= 15 is 0 Å². The quantitative estimate of drug-likeness (QED) is 0.836. The topological polar surface area (TPSA) is 29.3 Å². The molecule has 0 fully saturated rings. The summed E-state index contributed by atoms with van der Waals surface area (Å²) >= 11 is 12.8. The van der Waals surface area contributed by atoms with E-state index in [1.807, 2.05) is 37.0 Å². The van der Waals surface area contributed by atoms with E-state index in [0.717, 1.165) is 23.5 Å². The molecule has 0 radical (unpaired) electrons. The number of thiocarbonyl (C=S) groups is 1. The highest BCUT2D eigenvalue weighted by Crippen LogP contribution is 2.23. The molecule has 1 rings (SSSR count). The van der Waals surface area contributed by atoms with E-state index in [-0.39, 0.29) is 0 Å². The highest BCUT2D eigenvalue weighted by atomic mass is 35.5. The maximum absolute atomic E-state index is 5.93. The first kappa shape index (κ1) is 13.6. The summed E-state index contributed by atoms with van der Waals surface area (Å²) in [6, 6.07) is 5.63. The molecule has 2 N–H and O–H groups in total. The van der Waals surface area contributed by atoms with Gasteiger partial charge in [0.15, 0.2) is 0 Å². The molecule has 0 heterocycles. The molecule has 2 nitrogen and oxygen atoms in total. The number of thioether (sulfide) groups is 1. The third kappa shape index (κ3) is 3.54. The fourth-order valence-corrected chi connectivity index (χ4v) is 2.18. The lowest BCUT2D eigenvalue weighted by Gasteiger charge is -2.21. The first-order valence-corrected chi connectivity index (χ1v) is 7.03. The van der Waals surface area contributed by atoms with Gasteiger partial charge < -0.3 is 10.6 Å². The van der Waals surface area contributed by atoms with Crippen LogP contribution < -0.4 is 10.6 Å². The van der Waals surface area contributed by atoms with Gasteiger partial charge in [-0.1, -0.05) is 23.8 Å². The number of halogens is 1. The Morgan fingerprint density at radius 2 is 2.25 bits per heavy atom. The number of hydrogen-bond acceptors (Lipinski definition) is 3. The maximum atomic E-state index is 5.93. The zero-order valence-corrected chi connectivity index (χ0v) is 11.8. The van der Waals surface area contributed by atoms with Crippen molar-refractivity contribution in [2.45, 2.75) is 0 Å². The summed E-state index contributed by atoms with van der Waals surface area (Å²) in [5, 5.41) is 0.657. The van der Waals surface area contributed by atoms with Gasteiger partial charge in [0.05, 0.1) is 0 Å². The van der Waals surface area contributed by atoms with E-state index in [0.29, 0.717) is 10.0 Å². The number of hydrogen-bond donors (Lipinski definition) is 1. The summed E-state index contributed by atoms with van der Waals surface area (Å²) in [6.07, 6.45) is 2.09. The average molecular weight is 275 g/mol. The minimum atomic E-state index is 0.383. The van der Waals surface area contributed by atoms with Crippen LogP contribution in [0.25, 0.3) is 0 Å². The van der Waals surface area contributed by atoms with E-state index < -0.39 is 0 Å². The summed E-state index contributed by atoms with van der Waals surface area (Å²) in [7, 11) is 2.03. The van der Waals surface area contributed by atoms with Crippen LogP contribution in [0, 0.1) is 0 Å². The molecule has 16 heavy (non-hydrogen) atoms. The van der Waals surface area contributed by atoms with Gasteiger partial charge in [0.1, 0.15) is 4.99 Å². The Balaban J connectivity index is 2.98. The summed E-state index contributed by atoms with van der Waals surface area (Å²) in [6.45, 7) is 0.957. The van der Waals surface area contributed by atoms with Crippen molar-refractivity contribution in [3.8, 4) is 0 Å². The molecular formula is C11H15ClN2S2. The molecule has 1 aromatic rings. The van der Waals surface area contributed by atoms with Crippen LogP contribution in [0.2, 0.25) is 5.02 Å². The van der Waals surface area contributed by atoms with Crippen LogP contribution in [0.4, 0.5) is 5.69 Å². The van der Waals surface area contributed by atoms with Crippen molar-refractivity contribution >= 4 is 46.3 Å². The molecule has 0 saturated carbocycles. The van der Waals surface area contributed by atoms with E-state index in [1.165, 1.54) is 0 Å². The van der Waals surface area contributed by atoms with Crippen molar-refractivity contribution in [2.24, 2.45) is 5.73 Å². The van der Waals surface area contributed by atoms with Crippen LogP contribution >= 0.6 is 35.6 Å². The van der Waals surface area contributed by atoms with Crippen molar-refractivity contribution in [2.75, 3.05) is 30.5 Å². The Labute approximate surface area is 111 Å². The Morgan fingerprint density at radius 1 is 1.56 bits per heavy atom. The monoisotopic (exact) mass is 274 g/mol. The predicted octanol–water partition coefficient (Wildman–Crippen LogP) is 2.77. The van der Waals surface area contributed by atoms with E-state index in [2.05, 4.69) is 11.2 Å².